The van der Waals surface area contributed by atoms with Crippen molar-refractivity contribution in [2.45, 2.75) is 19.4 Å². The molecule has 1 aliphatic rings. The minimum absolute atomic E-state index is 0.0237. The van der Waals surface area contributed by atoms with Gasteiger partial charge in [-0.2, -0.15) is 0 Å². The number of aromatic nitrogens is 3. The van der Waals surface area contributed by atoms with Gasteiger partial charge in [0.2, 0.25) is 5.91 Å². The molecule has 0 saturated carbocycles. The van der Waals surface area contributed by atoms with Crippen LogP contribution in [0.2, 0.25) is 0 Å². The highest BCUT2D eigenvalue weighted by atomic mass is 32.1. The summed E-state index contributed by atoms with van der Waals surface area (Å²) in [5.74, 6) is 1.57. The van der Waals surface area contributed by atoms with Crippen LogP contribution in [-0.4, -0.2) is 33.9 Å². The Labute approximate surface area is 155 Å². The van der Waals surface area contributed by atoms with Gasteiger partial charge in [-0.05, 0) is 30.4 Å². The molecule has 0 spiro atoms. The van der Waals surface area contributed by atoms with Crippen LogP contribution < -0.4 is 16.0 Å². The molecule has 0 bridgehead atoms. The van der Waals surface area contributed by atoms with Crippen molar-refractivity contribution >= 4 is 39.1 Å². The van der Waals surface area contributed by atoms with Crippen LogP contribution in [0.4, 0.5) is 11.6 Å². The molecule has 0 radical (unpaired) electrons. The second-order valence-corrected chi connectivity index (χ2v) is 7.26. The molecule has 0 aliphatic carbocycles. The second-order valence-electron chi connectivity index (χ2n) is 6.37. The highest BCUT2D eigenvalue weighted by molar-refractivity contribution is 7.16. The van der Waals surface area contributed by atoms with E-state index < -0.39 is 0 Å². The van der Waals surface area contributed by atoms with E-state index in [2.05, 4.69) is 31.2 Å². The number of fused-ring (bicyclic) bond motifs is 1. The van der Waals surface area contributed by atoms with Gasteiger partial charge in [0.05, 0.1) is 5.39 Å². The quantitative estimate of drug-likeness (QED) is 0.718. The zero-order chi connectivity index (χ0) is 17.9. The smallest absolute Gasteiger partial charge is 0.220 e. The third kappa shape index (κ3) is 3.32. The largest absolute Gasteiger partial charge is 0.369 e. The van der Waals surface area contributed by atoms with Gasteiger partial charge in [0, 0.05) is 37.3 Å². The van der Waals surface area contributed by atoms with Crippen LogP contribution in [0.25, 0.3) is 10.2 Å². The summed E-state index contributed by atoms with van der Waals surface area (Å²) in [6, 6.07) is 6.04. The van der Waals surface area contributed by atoms with Crippen LogP contribution >= 0.6 is 11.3 Å². The maximum Gasteiger partial charge on any atom is 0.220 e. The Morgan fingerprint density at radius 2 is 2.12 bits per heavy atom. The fourth-order valence-corrected chi connectivity index (χ4v) is 4.07. The molecule has 4 rings (SSSR count). The highest BCUT2D eigenvalue weighted by Gasteiger charge is 2.24. The molecule has 1 aliphatic heterocycles. The Hall–Kier alpha value is -2.74. The zero-order valence-corrected chi connectivity index (χ0v) is 15.1. The van der Waals surface area contributed by atoms with E-state index in [1.807, 2.05) is 17.5 Å². The van der Waals surface area contributed by atoms with Crippen molar-refractivity contribution in [2.75, 3.05) is 23.3 Å². The first-order valence-corrected chi connectivity index (χ1v) is 9.50. The van der Waals surface area contributed by atoms with Crippen molar-refractivity contribution in [2.24, 2.45) is 11.7 Å². The number of pyridine rings is 1. The van der Waals surface area contributed by atoms with Crippen molar-refractivity contribution in [3.05, 3.63) is 41.7 Å². The topological polar surface area (TPSA) is 97.0 Å². The third-order valence-corrected chi connectivity index (χ3v) is 5.59. The van der Waals surface area contributed by atoms with Crippen molar-refractivity contribution < 1.29 is 4.79 Å². The van der Waals surface area contributed by atoms with E-state index in [9.17, 15) is 4.79 Å². The molecular formula is C18H20N6OS. The second kappa shape index (κ2) is 7.25. The zero-order valence-electron chi connectivity index (χ0n) is 14.3. The lowest BCUT2D eigenvalue weighted by Gasteiger charge is -2.32. The molecular weight excluding hydrogens is 348 g/mol. The summed E-state index contributed by atoms with van der Waals surface area (Å²) in [5.41, 5.74) is 6.54. The van der Waals surface area contributed by atoms with Crippen LogP contribution in [-0.2, 0) is 11.3 Å². The van der Waals surface area contributed by atoms with Gasteiger partial charge in [-0.3, -0.25) is 4.79 Å². The van der Waals surface area contributed by atoms with Gasteiger partial charge < -0.3 is 16.0 Å². The SMILES string of the molecule is NC(=O)C1CCN(c2ncccc2CNc2ncnc3sccc23)CC1. The maximum absolute atomic E-state index is 11.4. The summed E-state index contributed by atoms with van der Waals surface area (Å²) in [4.78, 5) is 27.8. The summed E-state index contributed by atoms with van der Waals surface area (Å²) in [7, 11) is 0. The summed E-state index contributed by atoms with van der Waals surface area (Å²) in [5, 5.41) is 6.46. The normalized spacial score (nSPS) is 15.3. The van der Waals surface area contributed by atoms with E-state index in [1.165, 1.54) is 0 Å². The van der Waals surface area contributed by atoms with Crippen molar-refractivity contribution in [3.8, 4) is 0 Å². The molecule has 134 valence electrons. The Kier molecular flexibility index (Phi) is 4.66. The standard InChI is InChI=1S/C18H20N6OS/c19-15(25)12-3-7-24(8-4-12)17-13(2-1-6-20-17)10-21-16-14-5-9-26-18(14)23-11-22-16/h1-2,5-6,9,11-12H,3-4,7-8,10H2,(H2,19,25)(H,21,22,23). The number of nitrogens with two attached hydrogens (primary N) is 1. The number of carbonyl (C=O) groups excluding carboxylic acids is 1. The summed E-state index contributed by atoms with van der Waals surface area (Å²) < 4.78 is 0. The minimum Gasteiger partial charge on any atom is -0.369 e. The van der Waals surface area contributed by atoms with Crippen molar-refractivity contribution in [3.63, 3.8) is 0 Å². The fraction of sp³-hybridized carbons (Fsp3) is 0.333. The predicted molar refractivity (Wildman–Crippen MR) is 103 cm³/mol. The first-order valence-electron chi connectivity index (χ1n) is 8.62. The maximum atomic E-state index is 11.4. The van der Waals surface area contributed by atoms with Gasteiger partial charge in [-0.15, -0.1) is 11.3 Å². The average molecular weight is 368 g/mol. The van der Waals surface area contributed by atoms with Crippen molar-refractivity contribution in [1.82, 2.24) is 15.0 Å². The van der Waals surface area contributed by atoms with Gasteiger partial charge in [0.1, 0.15) is 22.8 Å². The number of nitrogens with one attached hydrogen (secondary N) is 1. The minimum atomic E-state index is -0.198. The number of amides is 1. The fourth-order valence-electron chi connectivity index (χ4n) is 3.34. The molecule has 0 aromatic carbocycles. The summed E-state index contributed by atoms with van der Waals surface area (Å²) >= 11 is 1.60. The summed E-state index contributed by atoms with van der Waals surface area (Å²) in [6.07, 6.45) is 4.95. The van der Waals surface area contributed by atoms with Crippen LogP contribution in [0, 0.1) is 5.92 Å². The molecule has 3 aromatic heterocycles. The van der Waals surface area contributed by atoms with Gasteiger partial charge in [-0.1, -0.05) is 6.07 Å². The number of hydrogen-bond donors (Lipinski definition) is 2. The van der Waals surface area contributed by atoms with E-state index in [0.29, 0.717) is 6.54 Å². The van der Waals surface area contributed by atoms with E-state index in [-0.39, 0.29) is 11.8 Å². The Balaban J connectivity index is 1.50. The lowest BCUT2D eigenvalue weighted by Crippen LogP contribution is -2.39. The van der Waals surface area contributed by atoms with Gasteiger partial charge in [0.15, 0.2) is 0 Å². The van der Waals surface area contributed by atoms with E-state index in [0.717, 1.165) is 53.3 Å². The van der Waals surface area contributed by atoms with E-state index >= 15 is 0 Å². The number of piperidine rings is 1. The molecule has 0 unspecified atom stereocenters. The number of thiophene rings is 1. The van der Waals surface area contributed by atoms with Crippen LogP contribution in [0.3, 0.4) is 0 Å². The average Bonchev–Trinajstić information content (AvgIpc) is 3.16. The van der Waals surface area contributed by atoms with Crippen molar-refractivity contribution in [1.29, 1.82) is 0 Å². The van der Waals surface area contributed by atoms with Crippen LogP contribution in [0.5, 0.6) is 0 Å². The number of hydrogen-bond acceptors (Lipinski definition) is 7. The van der Waals surface area contributed by atoms with Gasteiger partial charge in [0.25, 0.3) is 0 Å². The van der Waals surface area contributed by atoms with Crippen LogP contribution in [0.1, 0.15) is 18.4 Å². The molecule has 0 atom stereocenters. The first-order chi connectivity index (χ1) is 12.7. The first kappa shape index (κ1) is 16.7. The molecule has 3 N–H and O–H groups in total. The number of nitrogens with zero attached hydrogens (tertiary/aromatic N) is 4. The molecule has 1 saturated heterocycles. The molecule has 26 heavy (non-hydrogen) atoms. The molecule has 3 aromatic rings. The molecule has 7 nitrogen and oxygen atoms in total. The van der Waals surface area contributed by atoms with E-state index in [4.69, 9.17) is 5.73 Å². The van der Waals surface area contributed by atoms with Gasteiger partial charge >= 0.3 is 0 Å². The van der Waals surface area contributed by atoms with Crippen LogP contribution in [0.15, 0.2) is 36.1 Å². The molecule has 1 amide bonds. The Bertz CT molecular complexity index is 919. The number of carbonyl (C=O) groups is 1. The number of primary amides is 1. The Morgan fingerprint density at radius 3 is 2.92 bits per heavy atom. The monoisotopic (exact) mass is 368 g/mol. The molecule has 1 fully saturated rings. The lowest BCUT2D eigenvalue weighted by atomic mass is 9.96. The number of anilines is 2. The molecule has 4 heterocycles. The Morgan fingerprint density at radius 1 is 1.27 bits per heavy atom. The van der Waals surface area contributed by atoms with Gasteiger partial charge in [-0.25, -0.2) is 15.0 Å². The third-order valence-electron chi connectivity index (χ3n) is 4.77. The number of rotatable bonds is 5. The lowest BCUT2D eigenvalue weighted by molar-refractivity contribution is -0.122. The summed E-state index contributed by atoms with van der Waals surface area (Å²) in [6.45, 7) is 2.21. The predicted octanol–water partition coefficient (Wildman–Crippen LogP) is 2.40. The highest BCUT2D eigenvalue weighted by Crippen LogP contribution is 2.27. The molecule has 8 heteroatoms. The van der Waals surface area contributed by atoms with E-state index in [1.54, 1.807) is 23.9 Å².